The number of carbonyl (C=O) groups is 1. The quantitative estimate of drug-likeness (QED) is 0.766. The fourth-order valence-corrected chi connectivity index (χ4v) is 2.83. The topological polar surface area (TPSA) is 44.8 Å². The number of benzene rings is 1. The molecule has 20 heavy (non-hydrogen) atoms. The highest BCUT2D eigenvalue weighted by Crippen LogP contribution is 2.35. The van der Waals surface area contributed by atoms with Crippen molar-refractivity contribution in [1.29, 1.82) is 0 Å². The monoisotopic (exact) mass is 292 g/mol. The Labute approximate surface area is 121 Å². The van der Waals surface area contributed by atoms with E-state index in [4.69, 9.17) is 14.2 Å². The summed E-state index contributed by atoms with van der Waals surface area (Å²) >= 11 is 1.40. The Balaban J connectivity index is 2.44. The lowest BCUT2D eigenvalue weighted by Crippen LogP contribution is -2.05. The van der Waals surface area contributed by atoms with Gasteiger partial charge in [-0.15, -0.1) is 11.3 Å². The first-order valence-corrected chi connectivity index (χ1v) is 6.90. The van der Waals surface area contributed by atoms with Crippen LogP contribution in [0.2, 0.25) is 0 Å². The molecule has 0 aliphatic heterocycles. The summed E-state index contributed by atoms with van der Waals surface area (Å²) < 4.78 is 16.1. The molecule has 1 atom stereocenters. The fourth-order valence-electron chi connectivity index (χ4n) is 2.10. The highest BCUT2D eigenvalue weighted by molar-refractivity contribution is 7.11. The molecule has 5 heteroatoms. The number of aldehydes is 1. The van der Waals surface area contributed by atoms with Crippen LogP contribution in [0.4, 0.5) is 0 Å². The lowest BCUT2D eigenvalue weighted by molar-refractivity contribution is 0.111. The van der Waals surface area contributed by atoms with E-state index >= 15 is 0 Å². The zero-order valence-electron chi connectivity index (χ0n) is 11.6. The SMILES string of the molecule is COc1ccc(C(OC)c2ccsc2C=O)cc1OC. The van der Waals surface area contributed by atoms with Crippen LogP contribution < -0.4 is 9.47 Å². The van der Waals surface area contributed by atoms with Crippen LogP contribution >= 0.6 is 11.3 Å². The first-order valence-electron chi connectivity index (χ1n) is 6.02. The first kappa shape index (κ1) is 14.6. The fraction of sp³-hybridized carbons (Fsp3) is 0.267. The van der Waals surface area contributed by atoms with Gasteiger partial charge in [-0.05, 0) is 29.1 Å². The van der Waals surface area contributed by atoms with E-state index in [1.807, 2.05) is 29.6 Å². The highest BCUT2D eigenvalue weighted by Gasteiger charge is 2.19. The lowest BCUT2D eigenvalue weighted by atomic mass is 10.0. The molecule has 1 aromatic carbocycles. The average molecular weight is 292 g/mol. The van der Waals surface area contributed by atoms with Crippen LogP contribution in [0.3, 0.4) is 0 Å². The van der Waals surface area contributed by atoms with Gasteiger partial charge in [0, 0.05) is 12.7 Å². The van der Waals surface area contributed by atoms with E-state index in [-0.39, 0.29) is 6.10 Å². The maximum Gasteiger partial charge on any atom is 0.161 e. The average Bonchev–Trinajstić information content (AvgIpc) is 2.96. The molecule has 0 amide bonds. The van der Waals surface area contributed by atoms with Crippen LogP contribution in [0.25, 0.3) is 0 Å². The minimum absolute atomic E-state index is 0.304. The summed E-state index contributed by atoms with van der Waals surface area (Å²) in [4.78, 5) is 11.7. The summed E-state index contributed by atoms with van der Waals surface area (Å²) in [6, 6.07) is 7.49. The predicted molar refractivity (Wildman–Crippen MR) is 78.1 cm³/mol. The Morgan fingerprint density at radius 3 is 2.45 bits per heavy atom. The molecule has 0 N–H and O–H groups in total. The molecule has 0 saturated heterocycles. The lowest BCUT2D eigenvalue weighted by Gasteiger charge is -2.17. The normalized spacial score (nSPS) is 11.9. The number of hydrogen-bond donors (Lipinski definition) is 0. The molecule has 0 fully saturated rings. The zero-order chi connectivity index (χ0) is 14.5. The Morgan fingerprint density at radius 2 is 1.85 bits per heavy atom. The highest BCUT2D eigenvalue weighted by atomic mass is 32.1. The van der Waals surface area contributed by atoms with Crippen molar-refractivity contribution >= 4 is 17.6 Å². The van der Waals surface area contributed by atoms with Crippen LogP contribution in [0.1, 0.15) is 26.9 Å². The van der Waals surface area contributed by atoms with Gasteiger partial charge in [-0.2, -0.15) is 0 Å². The second-order valence-corrected chi connectivity index (χ2v) is 5.04. The molecule has 1 aromatic heterocycles. The van der Waals surface area contributed by atoms with E-state index in [2.05, 4.69) is 0 Å². The summed E-state index contributed by atoms with van der Waals surface area (Å²) in [6.07, 6.45) is 0.550. The number of hydrogen-bond acceptors (Lipinski definition) is 5. The largest absolute Gasteiger partial charge is 0.493 e. The molecule has 0 aliphatic carbocycles. The molecule has 1 heterocycles. The Bertz CT molecular complexity index is 591. The molecule has 4 nitrogen and oxygen atoms in total. The Kier molecular flexibility index (Phi) is 4.76. The maximum atomic E-state index is 11.1. The van der Waals surface area contributed by atoms with Gasteiger partial charge in [-0.25, -0.2) is 0 Å². The van der Waals surface area contributed by atoms with Gasteiger partial charge in [0.1, 0.15) is 6.10 Å². The van der Waals surface area contributed by atoms with Crippen molar-refractivity contribution < 1.29 is 19.0 Å². The number of carbonyl (C=O) groups excluding carboxylic acids is 1. The number of methoxy groups -OCH3 is 3. The third-order valence-corrected chi connectivity index (χ3v) is 3.92. The molecule has 1 unspecified atom stereocenters. The third-order valence-electron chi connectivity index (χ3n) is 3.06. The smallest absolute Gasteiger partial charge is 0.161 e. The number of rotatable bonds is 6. The molecule has 0 aliphatic rings. The van der Waals surface area contributed by atoms with Crippen molar-refractivity contribution in [2.75, 3.05) is 21.3 Å². The molecule has 0 spiro atoms. The van der Waals surface area contributed by atoms with Gasteiger partial charge in [-0.3, -0.25) is 4.79 Å². The van der Waals surface area contributed by atoms with Crippen molar-refractivity contribution in [2.45, 2.75) is 6.10 Å². The van der Waals surface area contributed by atoms with Gasteiger partial charge in [0.15, 0.2) is 17.8 Å². The summed E-state index contributed by atoms with van der Waals surface area (Å²) in [5.74, 6) is 1.29. The van der Waals surface area contributed by atoms with E-state index in [1.165, 1.54) is 11.3 Å². The van der Waals surface area contributed by atoms with Crippen LogP contribution in [0.5, 0.6) is 11.5 Å². The number of thiophene rings is 1. The van der Waals surface area contributed by atoms with Crippen LogP contribution in [-0.2, 0) is 4.74 Å². The van der Waals surface area contributed by atoms with E-state index in [9.17, 15) is 4.79 Å². The Hall–Kier alpha value is -1.85. The second kappa shape index (κ2) is 6.54. The Morgan fingerprint density at radius 1 is 1.10 bits per heavy atom. The van der Waals surface area contributed by atoms with E-state index in [0.717, 1.165) is 17.4 Å². The first-order chi connectivity index (χ1) is 9.74. The van der Waals surface area contributed by atoms with Gasteiger partial charge < -0.3 is 14.2 Å². The van der Waals surface area contributed by atoms with Crippen molar-refractivity contribution in [3.63, 3.8) is 0 Å². The maximum absolute atomic E-state index is 11.1. The molecule has 2 rings (SSSR count). The molecular formula is C15H16O4S. The summed E-state index contributed by atoms with van der Waals surface area (Å²) in [5, 5.41) is 1.88. The van der Waals surface area contributed by atoms with Gasteiger partial charge in [0.25, 0.3) is 0 Å². The molecule has 0 saturated carbocycles. The van der Waals surface area contributed by atoms with Gasteiger partial charge in [0.2, 0.25) is 0 Å². The van der Waals surface area contributed by atoms with Gasteiger partial charge >= 0.3 is 0 Å². The zero-order valence-corrected chi connectivity index (χ0v) is 12.4. The standard InChI is InChI=1S/C15H16O4S/c1-17-12-5-4-10(8-13(12)18-2)15(19-3)11-6-7-20-14(11)9-16/h4-9,15H,1-3H3. The number of ether oxygens (including phenoxy) is 3. The van der Waals surface area contributed by atoms with Crippen LogP contribution in [-0.4, -0.2) is 27.6 Å². The molecule has 0 radical (unpaired) electrons. The third kappa shape index (κ3) is 2.69. The van der Waals surface area contributed by atoms with Crippen LogP contribution in [0.15, 0.2) is 29.6 Å². The summed E-state index contributed by atoms with van der Waals surface area (Å²) in [6.45, 7) is 0. The van der Waals surface area contributed by atoms with Gasteiger partial charge in [-0.1, -0.05) is 6.07 Å². The van der Waals surface area contributed by atoms with Crippen LogP contribution in [0, 0.1) is 0 Å². The van der Waals surface area contributed by atoms with Crippen molar-refractivity contribution in [3.8, 4) is 11.5 Å². The van der Waals surface area contributed by atoms with Crippen molar-refractivity contribution in [1.82, 2.24) is 0 Å². The summed E-state index contributed by atoms with van der Waals surface area (Å²) in [5.41, 5.74) is 1.77. The minimum Gasteiger partial charge on any atom is -0.493 e. The van der Waals surface area contributed by atoms with E-state index < -0.39 is 0 Å². The molecule has 0 bridgehead atoms. The van der Waals surface area contributed by atoms with Crippen molar-refractivity contribution in [2.24, 2.45) is 0 Å². The molecular weight excluding hydrogens is 276 g/mol. The van der Waals surface area contributed by atoms with Gasteiger partial charge in [0.05, 0.1) is 19.1 Å². The molecule has 2 aromatic rings. The van der Waals surface area contributed by atoms with Crippen molar-refractivity contribution in [3.05, 3.63) is 45.6 Å². The van der Waals surface area contributed by atoms with E-state index in [0.29, 0.717) is 16.4 Å². The van der Waals surface area contributed by atoms with E-state index in [1.54, 1.807) is 21.3 Å². The summed E-state index contributed by atoms with van der Waals surface area (Å²) in [7, 11) is 4.80. The molecule has 106 valence electrons. The predicted octanol–water partition coefficient (Wildman–Crippen LogP) is 3.31. The second-order valence-electron chi connectivity index (χ2n) is 4.09. The minimum atomic E-state index is -0.304.